The van der Waals surface area contributed by atoms with Crippen molar-refractivity contribution < 1.29 is 4.79 Å². The average Bonchev–Trinajstić information content (AvgIpc) is 3.02. The lowest BCUT2D eigenvalue weighted by Crippen LogP contribution is -2.48. The van der Waals surface area contributed by atoms with Crippen LogP contribution in [-0.2, 0) is 17.8 Å². The van der Waals surface area contributed by atoms with E-state index in [0.29, 0.717) is 17.8 Å². The van der Waals surface area contributed by atoms with Crippen LogP contribution in [-0.4, -0.2) is 43.4 Å². The van der Waals surface area contributed by atoms with Gasteiger partial charge in [-0.3, -0.25) is 4.79 Å². The Morgan fingerprint density at radius 2 is 1.85 bits per heavy atom. The molecule has 1 aromatic carbocycles. The normalized spacial score (nSPS) is 20.3. The summed E-state index contributed by atoms with van der Waals surface area (Å²) in [5, 5.41) is 9.55. The van der Waals surface area contributed by atoms with E-state index in [-0.39, 0.29) is 5.91 Å². The van der Waals surface area contributed by atoms with Crippen molar-refractivity contribution in [3.8, 4) is 0 Å². The van der Waals surface area contributed by atoms with E-state index in [0.717, 1.165) is 36.8 Å². The first-order valence-electron chi connectivity index (χ1n) is 9.50. The molecule has 0 bridgehead atoms. The summed E-state index contributed by atoms with van der Waals surface area (Å²) < 4.78 is 2.12. The second kappa shape index (κ2) is 8.71. The zero-order chi connectivity index (χ0) is 18.5. The molecule has 2 aromatic rings. The molecule has 2 heterocycles. The minimum absolute atomic E-state index is 0.213. The van der Waals surface area contributed by atoms with Gasteiger partial charge in [0, 0.05) is 25.0 Å². The number of nitrogens with zero attached hydrogens (tertiary/aromatic N) is 4. The number of hydrogen-bond donors (Lipinski definition) is 0. The van der Waals surface area contributed by atoms with Gasteiger partial charge < -0.3 is 9.47 Å². The number of hydrogen-bond acceptors (Lipinski definition) is 4. The van der Waals surface area contributed by atoms with E-state index in [1.54, 1.807) is 0 Å². The Kier molecular flexibility index (Phi) is 6.35. The summed E-state index contributed by atoms with van der Waals surface area (Å²) in [7, 11) is 0. The first-order valence-corrected chi connectivity index (χ1v) is 10.5. The lowest BCUT2D eigenvalue weighted by molar-refractivity contribution is -0.134. The summed E-state index contributed by atoms with van der Waals surface area (Å²) in [6.07, 6.45) is 4.18. The Hall–Kier alpha value is -1.82. The third-order valence-electron chi connectivity index (χ3n) is 5.12. The Morgan fingerprint density at radius 1 is 1.15 bits per heavy atom. The van der Waals surface area contributed by atoms with Gasteiger partial charge in [0.05, 0.1) is 5.75 Å². The van der Waals surface area contributed by atoms with E-state index in [1.807, 2.05) is 18.2 Å². The van der Waals surface area contributed by atoms with E-state index >= 15 is 0 Å². The number of thioether (sulfide) groups is 1. The van der Waals surface area contributed by atoms with Crippen LogP contribution in [0, 0.1) is 0 Å². The van der Waals surface area contributed by atoms with Crippen molar-refractivity contribution in [1.29, 1.82) is 0 Å². The fourth-order valence-corrected chi connectivity index (χ4v) is 4.66. The Morgan fingerprint density at radius 3 is 2.50 bits per heavy atom. The quantitative estimate of drug-likeness (QED) is 0.724. The summed E-state index contributed by atoms with van der Waals surface area (Å²) in [4.78, 5) is 14.8. The second-order valence-electron chi connectivity index (χ2n) is 7.02. The predicted octanol–water partition coefficient (Wildman–Crippen LogP) is 3.77. The van der Waals surface area contributed by atoms with Crippen LogP contribution in [0.2, 0.25) is 0 Å². The molecule has 6 heteroatoms. The summed E-state index contributed by atoms with van der Waals surface area (Å²) in [5.41, 5.74) is 1.22. The van der Waals surface area contributed by atoms with Crippen molar-refractivity contribution >= 4 is 17.7 Å². The Bertz CT molecular complexity index is 721. The SMILES string of the molecule is CCn1c(Cc2ccccc2)nnc1SCC(=O)N1[C@H](C)CCC[C@@H]1C. The first-order chi connectivity index (χ1) is 12.6. The number of benzene rings is 1. The highest BCUT2D eigenvalue weighted by Crippen LogP contribution is 2.25. The standard InChI is InChI=1S/C20H28N4OS/c1-4-23-18(13-17-11-6-5-7-12-17)21-22-20(23)26-14-19(25)24-15(2)9-8-10-16(24)3/h5-7,11-12,15-16H,4,8-10,13-14H2,1-3H3/t15-,16+. The zero-order valence-corrected chi connectivity index (χ0v) is 16.7. The van der Waals surface area contributed by atoms with Crippen molar-refractivity contribution in [1.82, 2.24) is 19.7 Å². The molecular formula is C20H28N4OS. The minimum Gasteiger partial charge on any atom is -0.337 e. The number of aromatic nitrogens is 3. The van der Waals surface area contributed by atoms with Crippen molar-refractivity contribution in [2.75, 3.05) is 5.75 Å². The molecule has 0 N–H and O–H groups in total. The van der Waals surface area contributed by atoms with Crippen LogP contribution in [0.25, 0.3) is 0 Å². The third-order valence-corrected chi connectivity index (χ3v) is 6.07. The van der Waals surface area contributed by atoms with E-state index < -0.39 is 0 Å². The number of piperidine rings is 1. The molecule has 26 heavy (non-hydrogen) atoms. The number of amides is 1. The van der Waals surface area contributed by atoms with Gasteiger partial charge in [-0.2, -0.15) is 0 Å². The van der Waals surface area contributed by atoms with Crippen molar-refractivity contribution in [2.45, 2.75) is 70.2 Å². The average molecular weight is 373 g/mol. The molecule has 2 atom stereocenters. The highest BCUT2D eigenvalue weighted by Gasteiger charge is 2.29. The fraction of sp³-hybridized carbons (Fsp3) is 0.550. The van der Waals surface area contributed by atoms with Crippen LogP contribution in [0.1, 0.15) is 51.4 Å². The molecule has 0 radical (unpaired) electrons. The summed E-state index contributed by atoms with van der Waals surface area (Å²) in [6.45, 7) is 7.22. The Labute approximate surface area is 160 Å². The highest BCUT2D eigenvalue weighted by atomic mass is 32.2. The molecule has 3 rings (SSSR count). The zero-order valence-electron chi connectivity index (χ0n) is 15.9. The molecule has 0 aliphatic carbocycles. The van der Waals surface area contributed by atoms with Gasteiger partial charge in [-0.15, -0.1) is 10.2 Å². The molecular weight excluding hydrogens is 344 g/mol. The van der Waals surface area contributed by atoms with Crippen LogP contribution in [0.4, 0.5) is 0 Å². The number of carbonyl (C=O) groups excluding carboxylic acids is 1. The maximum atomic E-state index is 12.7. The number of rotatable bonds is 6. The van der Waals surface area contributed by atoms with Gasteiger partial charge in [-0.05, 0) is 45.6 Å². The molecule has 1 aromatic heterocycles. The van der Waals surface area contributed by atoms with E-state index in [2.05, 4.69) is 52.6 Å². The van der Waals surface area contributed by atoms with Gasteiger partial charge in [0.1, 0.15) is 5.82 Å². The first kappa shape index (κ1) is 19.0. The maximum absolute atomic E-state index is 12.7. The van der Waals surface area contributed by atoms with Crippen molar-refractivity contribution in [2.24, 2.45) is 0 Å². The summed E-state index contributed by atoms with van der Waals surface area (Å²) in [5.74, 6) is 1.59. The van der Waals surface area contributed by atoms with E-state index in [9.17, 15) is 4.79 Å². The summed E-state index contributed by atoms with van der Waals surface area (Å²) >= 11 is 1.51. The third kappa shape index (κ3) is 4.29. The minimum atomic E-state index is 0.213. The molecule has 0 saturated carbocycles. The molecule has 5 nitrogen and oxygen atoms in total. The number of likely N-dealkylation sites (tertiary alicyclic amines) is 1. The highest BCUT2D eigenvalue weighted by molar-refractivity contribution is 7.99. The molecule has 1 aliphatic heterocycles. The molecule has 1 aliphatic rings. The number of carbonyl (C=O) groups is 1. The molecule has 1 saturated heterocycles. The predicted molar refractivity (Wildman–Crippen MR) is 105 cm³/mol. The molecule has 1 fully saturated rings. The van der Waals surface area contributed by atoms with Crippen molar-refractivity contribution in [3.05, 3.63) is 41.7 Å². The van der Waals surface area contributed by atoms with Crippen LogP contribution >= 0.6 is 11.8 Å². The molecule has 0 unspecified atom stereocenters. The van der Waals surface area contributed by atoms with Gasteiger partial charge in [0.25, 0.3) is 0 Å². The maximum Gasteiger partial charge on any atom is 0.233 e. The van der Waals surface area contributed by atoms with Crippen molar-refractivity contribution in [3.63, 3.8) is 0 Å². The van der Waals surface area contributed by atoms with Gasteiger partial charge in [0.15, 0.2) is 5.16 Å². The van der Waals surface area contributed by atoms with Crippen LogP contribution in [0.15, 0.2) is 35.5 Å². The van der Waals surface area contributed by atoms with Crippen LogP contribution in [0.5, 0.6) is 0 Å². The molecule has 0 spiro atoms. The summed E-state index contributed by atoms with van der Waals surface area (Å²) in [6, 6.07) is 11.0. The lowest BCUT2D eigenvalue weighted by atomic mass is 9.98. The van der Waals surface area contributed by atoms with Crippen LogP contribution < -0.4 is 0 Å². The van der Waals surface area contributed by atoms with E-state index in [1.165, 1.54) is 23.7 Å². The van der Waals surface area contributed by atoms with Gasteiger partial charge in [-0.25, -0.2) is 0 Å². The Balaban J connectivity index is 1.65. The largest absolute Gasteiger partial charge is 0.337 e. The van der Waals surface area contributed by atoms with Crippen LogP contribution in [0.3, 0.4) is 0 Å². The fourth-order valence-electron chi connectivity index (χ4n) is 3.77. The van der Waals surface area contributed by atoms with E-state index in [4.69, 9.17) is 0 Å². The lowest BCUT2D eigenvalue weighted by Gasteiger charge is -2.39. The topological polar surface area (TPSA) is 51.0 Å². The van der Waals surface area contributed by atoms with Gasteiger partial charge >= 0.3 is 0 Å². The smallest absolute Gasteiger partial charge is 0.233 e. The van der Waals surface area contributed by atoms with Gasteiger partial charge in [-0.1, -0.05) is 42.1 Å². The monoisotopic (exact) mass is 372 g/mol. The second-order valence-corrected chi connectivity index (χ2v) is 7.97. The van der Waals surface area contributed by atoms with Gasteiger partial charge in [0.2, 0.25) is 5.91 Å². The molecule has 140 valence electrons. The molecule has 1 amide bonds.